The number of anilines is 1. The lowest BCUT2D eigenvalue weighted by molar-refractivity contribution is 0.322. The summed E-state index contributed by atoms with van der Waals surface area (Å²) in [5, 5.41) is 11.1. The Bertz CT molecular complexity index is 281. The van der Waals surface area contributed by atoms with Crippen LogP contribution in [0.4, 0.5) is 5.69 Å². The molecule has 0 amide bonds. The van der Waals surface area contributed by atoms with Crippen LogP contribution in [0.25, 0.3) is 0 Å². The van der Waals surface area contributed by atoms with Crippen molar-refractivity contribution in [2.24, 2.45) is 5.16 Å². The first kappa shape index (κ1) is 7.60. The van der Waals surface area contributed by atoms with E-state index in [1.165, 1.54) is 6.21 Å². The molecule has 0 bridgehead atoms. The van der Waals surface area contributed by atoms with Gasteiger partial charge in [0.1, 0.15) is 0 Å². The number of nitrogens with two attached hydrogens (primary N) is 1. The fourth-order valence-corrected chi connectivity index (χ4v) is 0.874. The third-order valence-corrected chi connectivity index (χ3v) is 1.44. The Hall–Kier alpha value is -1.51. The van der Waals surface area contributed by atoms with Crippen LogP contribution < -0.4 is 5.73 Å². The molecule has 1 aromatic rings. The van der Waals surface area contributed by atoms with Crippen molar-refractivity contribution in [3.63, 3.8) is 0 Å². The van der Waals surface area contributed by atoms with Gasteiger partial charge in [0.05, 0.1) is 6.21 Å². The van der Waals surface area contributed by atoms with Crippen molar-refractivity contribution in [3.05, 3.63) is 29.3 Å². The summed E-state index contributed by atoms with van der Waals surface area (Å²) >= 11 is 0. The minimum absolute atomic E-state index is 0.628. The molecule has 3 nitrogen and oxygen atoms in total. The minimum Gasteiger partial charge on any atom is -0.411 e. The molecule has 0 aliphatic rings. The van der Waals surface area contributed by atoms with Crippen LogP contribution in [0.2, 0.25) is 0 Å². The topological polar surface area (TPSA) is 58.6 Å². The molecule has 0 aliphatic heterocycles. The van der Waals surface area contributed by atoms with E-state index in [-0.39, 0.29) is 0 Å². The molecule has 0 unspecified atom stereocenters. The van der Waals surface area contributed by atoms with Crippen LogP contribution >= 0.6 is 0 Å². The van der Waals surface area contributed by atoms with Crippen molar-refractivity contribution in [1.29, 1.82) is 0 Å². The third kappa shape index (κ3) is 1.70. The van der Waals surface area contributed by atoms with E-state index in [1.807, 2.05) is 25.1 Å². The van der Waals surface area contributed by atoms with Crippen LogP contribution in [0.15, 0.2) is 23.4 Å². The summed E-state index contributed by atoms with van der Waals surface area (Å²) in [7, 11) is 0. The van der Waals surface area contributed by atoms with E-state index < -0.39 is 0 Å². The quantitative estimate of drug-likeness (QED) is 0.275. The SMILES string of the molecule is Cc1ccc(C=NO)c(N)c1. The van der Waals surface area contributed by atoms with Gasteiger partial charge < -0.3 is 10.9 Å². The van der Waals surface area contributed by atoms with Crippen molar-refractivity contribution < 1.29 is 5.21 Å². The maximum atomic E-state index is 8.23. The van der Waals surface area contributed by atoms with Crippen LogP contribution in [-0.2, 0) is 0 Å². The van der Waals surface area contributed by atoms with E-state index in [1.54, 1.807) is 0 Å². The van der Waals surface area contributed by atoms with E-state index in [2.05, 4.69) is 5.16 Å². The van der Waals surface area contributed by atoms with Gasteiger partial charge in [0.2, 0.25) is 0 Å². The second-order valence-electron chi connectivity index (χ2n) is 2.38. The highest BCUT2D eigenvalue weighted by Gasteiger charge is 1.94. The normalized spacial score (nSPS) is 10.6. The highest BCUT2D eigenvalue weighted by atomic mass is 16.4. The van der Waals surface area contributed by atoms with Crippen molar-refractivity contribution in [3.8, 4) is 0 Å². The van der Waals surface area contributed by atoms with Gasteiger partial charge in [-0.1, -0.05) is 17.3 Å². The predicted octanol–water partition coefficient (Wildman–Crippen LogP) is 1.39. The minimum atomic E-state index is 0.628. The summed E-state index contributed by atoms with van der Waals surface area (Å²) in [6, 6.07) is 5.55. The molecule has 0 aliphatic carbocycles. The van der Waals surface area contributed by atoms with Crippen LogP contribution in [0.3, 0.4) is 0 Å². The number of oxime groups is 1. The zero-order valence-corrected chi connectivity index (χ0v) is 6.28. The Morgan fingerprint density at radius 3 is 2.82 bits per heavy atom. The largest absolute Gasteiger partial charge is 0.411 e. The molecular weight excluding hydrogens is 140 g/mol. The first-order chi connectivity index (χ1) is 5.24. The van der Waals surface area contributed by atoms with Gasteiger partial charge in [-0.2, -0.15) is 0 Å². The van der Waals surface area contributed by atoms with E-state index in [4.69, 9.17) is 10.9 Å². The smallest absolute Gasteiger partial charge is 0.0754 e. The van der Waals surface area contributed by atoms with Gasteiger partial charge in [0.15, 0.2) is 0 Å². The highest BCUT2D eigenvalue weighted by Crippen LogP contribution is 2.10. The third-order valence-electron chi connectivity index (χ3n) is 1.44. The molecule has 0 saturated heterocycles. The summed E-state index contributed by atoms with van der Waals surface area (Å²) in [5.41, 5.74) is 8.06. The number of hydrogen-bond acceptors (Lipinski definition) is 3. The lowest BCUT2D eigenvalue weighted by Gasteiger charge is -1.99. The summed E-state index contributed by atoms with van der Waals surface area (Å²) in [5.74, 6) is 0. The van der Waals surface area contributed by atoms with Crippen molar-refractivity contribution >= 4 is 11.9 Å². The maximum Gasteiger partial charge on any atom is 0.0754 e. The van der Waals surface area contributed by atoms with Crippen molar-refractivity contribution in [2.45, 2.75) is 6.92 Å². The molecule has 0 aromatic heterocycles. The van der Waals surface area contributed by atoms with Crippen molar-refractivity contribution in [1.82, 2.24) is 0 Å². The molecule has 58 valence electrons. The number of rotatable bonds is 1. The maximum absolute atomic E-state index is 8.23. The van der Waals surface area contributed by atoms with Gasteiger partial charge in [-0.25, -0.2) is 0 Å². The first-order valence-electron chi connectivity index (χ1n) is 3.27. The summed E-state index contributed by atoms with van der Waals surface area (Å²) < 4.78 is 0. The van der Waals surface area contributed by atoms with E-state index in [0.717, 1.165) is 11.1 Å². The second kappa shape index (κ2) is 3.05. The van der Waals surface area contributed by atoms with Gasteiger partial charge in [-0.15, -0.1) is 0 Å². The molecule has 0 heterocycles. The highest BCUT2D eigenvalue weighted by molar-refractivity contribution is 5.86. The van der Waals surface area contributed by atoms with Crippen LogP contribution in [-0.4, -0.2) is 11.4 Å². The molecule has 1 rings (SSSR count). The summed E-state index contributed by atoms with van der Waals surface area (Å²) in [6.07, 6.45) is 1.31. The molecule has 11 heavy (non-hydrogen) atoms. The first-order valence-corrected chi connectivity index (χ1v) is 3.27. The molecule has 0 saturated carbocycles. The van der Waals surface area contributed by atoms with Crippen LogP contribution in [0, 0.1) is 6.92 Å². The van der Waals surface area contributed by atoms with E-state index in [0.29, 0.717) is 5.69 Å². The fourth-order valence-electron chi connectivity index (χ4n) is 0.874. The summed E-state index contributed by atoms with van der Waals surface area (Å²) in [4.78, 5) is 0. The molecule has 0 radical (unpaired) electrons. The second-order valence-corrected chi connectivity index (χ2v) is 2.38. The molecule has 0 spiro atoms. The van der Waals surface area contributed by atoms with Gasteiger partial charge >= 0.3 is 0 Å². The summed E-state index contributed by atoms with van der Waals surface area (Å²) in [6.45, 7) is 1.95. The monoisotopic (exact) mass is 150 g/mol. The predicted molar refractivity (Wildman–Crippen MR) is 45.0 cm³/mol. The van der Waals surface area contributed by atoms with Gasteiger partial charge in [0.25, 0.3) is 0 Å². The number of hydrogen-bond donors (Lipinski definition) is 2. The number of nitrogen functional groups attached to an aromatic ring is 1. The van der Waals surface area contributed by atoms with Crippen molar-refractivity contribution in [2.75, 3.05) is 5.73 Å². The lowest BCUT2D eigenvalue weighted by Crippen LogP contribution is -1.93. The van der Waals surface area contributed by atoms with Gasteiger partial charge in [-0.05, 0) is 18.6 Å². The van der Waals surface area contributed by atoms with Crippen LogP contribution in [0.5, 0.6) is 0 Å². The molecule has 0 fully saturated rings. The number of nitrogens with zero attached hydrogens (tertiary/aromatic N) is 1. The Kier molecular flexibility index (Phi) is 2.11. The molecule has 1 aromatic carbocycles. The van der Waals surface area contributed by atoms with E-state index in [9.17, 15) is 0 Å². The van der Waals surface area contributed by atoms with Gasteiger partial charge in [0, 0.05) is 11.3 Å². The fraction of sp³-hybridized carbons (Fsp3) is 0.125. The average molecular weight is 150 g/mol. The Labute approximate surface area is 65.1 Å². The number of aryl methyl sites for hydroxylation is 1. The Morgan fingerprint density at radius 2 is 2.27 bits per heavy atom. The number of benzene rings is 1. The van der Waals surface area contributed by atoms with Gasteiger partial charge in [-0.3, -0.25) is 0 Å². The Balaban J connectivity index is 3.09. The molecule has 0 atom stereocenters. The Morgan fingerprint density at radius 1 is 1.55 bits per heavy atom. The van der Waals surface area contributed by atoms with Crippen LogP contribution in [0.1, 0.15) is 11.1 Å². The molecular formula is C8H10N2O. The zero-order chi connectivity index (χ0) is 8.27. The zero-order valence-electron chi connectivity index (χ0n) is 6.28. The lowest BCUT2D eigenvalue weighted by atomic mass is 10.1. The molecule has 3 heteroatoms. The standard InChI is InChI=1S/C8H10N2O/c1-6-2-3-7(5-10-11)8(9)4-6/h2-5,11H,9H2,1H3. The average Bonchev–Trinajstić information content (AvgIpc) is 1.95. The van der Waals surface area contributed by atoms with E-state index >= 15 is 0 Å². The molecule has 3 N–H and O–H groups in total.